The number of benzene rings is 1. The van der Waals surface area contributed by atoms with Gasteiger partial charge in [-0.25, -0.2) is 8.42 Å². The number of carbonyl (C=O) groups excluding carboxylic acids is 1. The normalized spacial score (nSPS) is 17.6. The van der Waals surface area contributed by atoms with Crippen molar-refractivity contribution in [1.82, 2.24) is 5.32 Å². The molecule has 2 rings (SSSR count). The fourth-order valence-electron chi connectivity index (χ4n) is 2.73. The maximum Gasteiger partial charge on any atom is 0.251 e. The molecule has 1 aromatic carbocycles. The second-order valence-corrected chi connectivity index (χ2v) is 7.85. The summed E-state index contributed by atoms with van der Waals surface area (Å²) in [5.74, 6) is -0.141. The van der Waals surface area contributed by atoms with Crippen LogP contribution in [0.5, 0.6) is 0 Å². The standard InChI is InChI=1S/C15H22N2O3S/c1-2-21(19,20)13-7-5-12(6-8-13)14(18)17-15(11-16)9-3-4-10-15/h5-8H,2-4,9-11,16H2,1H3,(H,17,18). The van der Waals surface area contributed by atoms with Crippen LogP contribution in [0.4, 0.5) is 0 Å². The van der Waals surface area contributed by atoms with E-state index >= 15 is 0 Å². The second-order valence-electron chi connectivity index (χ2n) is 5.57. The van der Waals surface area contributed by atoms with Gasteiger partial charge in [-0.05, 0) is 37.1 Å². The molecule has 0 saturated heterocycles. The minimum atomic E-state index is -3.23. The van der Waals surface area contributed by atoms with Crippen molar-refractivity contribution in [2.45, 2.75) is 43.0 Å². The van der Waals surface area contributed by atoms with Gasteiger partial charge in [0.25, 0.3) is 5.91 Å². The Labute approximate surface area is 125 Å². The average Bonchev–Trinajstić information content (AvgIpc) is 2.96. The first-order valence-electron chi connectivity index (χ1n) is 7.28. The summed E-state index contributed by atoms with van der Waals surface area (Å²) in [6, 6.07) is 6.07. The lowest BCUT2D eigenvalue weighted by atomic mass is 9.97. The molecular weight excluding hydrogens is 288 g/mol. The summed E-state index contributed by atoms with van der Waals surface area (Å²) in [6.07, 6.45) is 3.95. The molecule has 0 aliphatic heterocycles. The van der Waals surface area contributed by atoms with Crippen LogP contribution < -0.4 is 11.1 Å². The Morgan fingerprint density at radius 1 is 1.24 bits per heavy atom. The third-order valence-electron chi connectivity index (χ3n) is 4.19. The highest BCUT2D eigenvalue weighted by molar-refractivity contribution is 7.91. The Kier molecular flexibility index (Phi) is 4.68. The maximum absolute atomic E-state index is 12.3. The first-order chi connectivity index (χ1) is 9.92. The molecule has 0 unspecified atom stereocenters. The quantitative estimate of drug-likeness (QED) is 0.862. The highest BCUT2D eigenvalue weighted by Crippen LogP contribution is 2.29. The largest absolute Gasteiger partial charge is 0.345 e. The summed E-state index contributed by atoms with van der Waals surface area (Å²) < 4.78 is 23.5. The van der Waals surface area contributed by atoms with Gasteiger partial charge in [-0.2, -0.15) is 0 Å². The van der Waals surface area contributed by atoms with Crippen LogP contribution in [0, 0.1) is 0 Å². The molecule has 0 radical (unpaired) electrons. The zero-order chi connectivity index (χ0) is 15.5. The van der Waals surface area contributed by atoms with E-state index in [0.717, 1.165) is 25.7 Å². The molecule has 1 fully saturated rings. The molecule has 0 spiro atoms. The Hall–Kier alpha value is -1.40. The molecule has 5 nitrogen and oxygen atoms in total. The number of nitrogens with two attached hydrogens (primary N) is 1. The number of hydrogen-bond donors (Lipinski definition) is 2. The van der Waals surface area contributed by atoms with Crippen molar-refractivity contribution < 1.29 is 13.2 Å². The summed E-state index contributed by atoms with van der Waals surface area (Å²) in [7, 11) is -3.23. The third-order valence-corrected chi connectivity index (χ3v) is 5.94. The van der Waals surface area contributed by atoms with E-state index in [1.165, 1.54) is 12.1 Å². The van der Waals surface area contributed by atoms with Gasteiger partial charge in [0.15, 0.2) is 9.84 Å². The van der Waals surface area contributed by atoms with Gasteiger partial charge in [0.2, 0.25) is 0 Å². The smallest absolute Gasteiger partial charge is 0.251 e. The van der Waals surface area contributed by atoms with Crippen molar-refractivity contribution in [3.63, 3.8) is 0 Å². The lowest BCUT2D eigenvalue weighted by Crippen LogP contribution is -2.51. The van der Waals surface area contributed by atoms with Crippen molar-refractivity contribution in [2.75, 3.05) is 12.3 Å². The molecule has 1 aliphatic rings. The van der Waals surface area contributed by atoms with Crippen molar-refractivity contribution in [1.29, 1.82) is 0 Å². The van der Waals surface area contributed by atoms with Crippen LogP contribution in [0.3, 0.4) is 0 Å². The summed E-state index contributed by atoms with van der Waals surface area (Å²) >= 11 is 0. The molecular formula is C15H22N2O3S. The SMILES string of the molecule is CCS(=O)(=O)c1ccc(C(=O)NC2(CN)CCCC2)cc1. The molecule has 21 heavy (non-hydrogen) atoms. The number of carbonyl (C=O) groups is 1. The minimum absolute atomic E-state index is 0.0504. The van der Waals surface area contributed by atoms with Gasteiger partial charge >= 0.3 is 0 Å². The average molecular weight is 310 g/mol. The molecule has 1 saturated carbocycles. The van der Waals surface area contributed by atoms with Crippen molar-refractivity contribution in [3.05, 3.63) is 29.8 Å². The Balaban J connectivity index is 2.13. The predicted molar refractivity (Wildman–Crippen MR) is 81.9 cm³/mol. The van der Waals surface area contributed by atoms with Crippen LogP contribution in [0.2, 0.25) is 0 Å². The molecule has 3 N–H and O–H groups in total. The summed E-state index contributed by atoms with van der Waals surface area (Å²) in [5, 5.41) is 3.02. The van der Waals surface area contributed by atoms with Crippen LogP contribution in [0.1, 0.15) is 43.0 Å². The van der Waals surface area contributed by atoms with Crippen LogP contribution in [0.25, 0.3) is 0 Å². The molecule has 0 atom stereocenters. The lowest BCUT2D eigenvalue weighted by molar-refractivity contribution is 0.0903. The maximum atomic E-state index is 12.3. The van der Waals surface area contributed by atoms with E-state index in [1.807, 2.05) is 0 Å². The van der Waals surface area contributed by atoms with Gasteiger partial charge in [0.1, 0.15) is 0 Å². The van der Waals surface area contributed by atoms with E-state index < -0.39 is 9.84 Å². The van der Waals surface area contributed by atoms with Crippen molar-refractivity contribution >= 4 is 15.7 Å². The Morgan fingerprint density at radius 2 is 1.81 bits per heavy atom. The highest BCUT2D eigenvalue weighted by Gasteiger charge is 2.34. The van der Waals surface area contributed by atoms with E-state index in [1.54, 1.807) is 19.1 Å². The van der Waals surface area contributed by atoms with Gasteiger partial charge in [0.05, 0.1) is 16.2 Å². The first-order valence-corrected chi connectivity index (χ1v) is 8.93. The fourth-order valence-corrected chi connectivity index (χ4v) is 3.61. The number of nitrogens with one attached hydrogen (secondary N) is 1. The summed E-state index contributed by atoms with van der Waals surface area (Å²) in [4.78, 5) is 12.5. The Morgan fingerprint density at radius 3 is 2.29 bits per heavy atom. The molecule has 116 valence electrons. The zero-order valence-electron chi connectivity index (χ0n) is 12.3. The molecule has 1 amide bonds. The van der Waals surface area contributed by atoms with E-state index in [9.17, 15) is 13.2 Å². The summed E-state index contributed by atoms with van der Waals surface area (Å²) in [6.45, 7) is 2.03. The van der Waals surface area contributed by atoms with Gasteiger partial charge in [0, 0.05) is 12.1 Å². The second kappa shape index (κ2) is 6.15. The van der Waals surface area contributed by atoms with Gasteiger partial charge in [-0.1, -0.05) is 19.8 Å². The summed E-state index contributed by atoms with van der Waals surface area (Å²) in [5.41, 5.74) is 5.96. The lowest BCUT2D eigenvalue weighted by Gasteiger charge is -2.28. The predicted octanol–water partition coefficient (Wildman–Crippen LogP) is 1.48. The minimum Gasteiger partial charge on any atom is -0.345 e. The van der Waals surface area contributed by atoms with Crippen LogP contribution in [-0.2, 0) is 9.84 Å². The van der Waals surface area contributed by atoms with Gasteiger partial charge < -0.3 is 11.1 Å². The molecule has 1 aromatic rings. The number of amides is 1. The highest BCUT2D eigenvalue weighted by atomic mass is 32.2. The fraction of sp³-hybridized carbons (Fsp3) is 0.533. The van der Waals surface area contributed by atoms with Crippen LogP contribution in [0.15, 0.2) is 29.2 Å². The number of rotatable bonds is 5. The molecule has 1 aliphatic carbocycles. The van der Waals surface area contributed by atoms with E-state index in [0.29, 0.717) is 12.1 Å². The number of sulfone groups is 1. The monoisotopic (exact) mass is 310 g/mol. The van der Waals surface area contributed by atoms with Crippen molar-refractivity contribution in [2.24, 2.45) is 5.73 Å². The molecule has 0 bridgehead atoms. The third kappa shape index (κ3) is 3.44. The van der Waals surface area contributed by atoms with E-state index in [2.05, 4.69) is 5.32 Å². The zero-order valence-corrected chi connectivity index (χ0v) is 13.1. The van der Waals surface area contributed by atoms with Gasteiger partial charge in [-0.3, -0.25) is 4.79 Å². The van der Waals surface area contributed by atoms with E-state index in [-0.39, 0.29) is 22.1 Å². The molecule has 6 heteroatoms. The number of hydrogen-bond acceptors (Lipinski definition) is 4. The van der Waals surface area contributed by atoms with E-state index in [4.69, 9.17) is 5.73 Å². The first kappa shape index (κ1) is 16.0. The van der Waals surface area contributed by atoms with Gasteiger partial charge in [-0.15, -0.1) is 0 Å². The van der Waals surface area contributed by atoms with Crippen LogP contribution >= 0.6 is 0 Å². The molecule has 0 heterocycles. The topological polar surface area (TPSA) is 89.3 Å². The van der Waals surface area contributed by atoms with Crippen LogP contribution in [-0.4, -0.2) is 32.2 Å². The molecule has 0 aromatic heterocycles. The Bertz CT molecular complexity index is 602. The van der Waals surface area contributed by atoms with Crippen molar-refractivity contribution in [3.8, 4) is 0 Å².